The molecule has 0 atom stereocenters. The van der Waals surface area contributed by atoms with Gasteiger partial charge in [-0.05, 0) is 18.2 Å². The number of nitrogens with zero attached hydrogens (tertiary/aromatic N) is 4. The van der Waals surface area contributed by atoms with Gasteiger partial charge in [-0.3, -0.25) is 9.59 Å². The molecule has 130 valence electrons. The quantitative estimate of drug-likeness (QED) is 0.817. The van der Waals surface area contributed by atoms with Crippen LogP contribution in [0.25, 0.3) is 0 Å². The Balaban J connectivity index is 1.70. The van der Waals surface area contributed by atoms with Crippen LogP contribution in [0.1, 0.15) is 10.5 Å². The molecule has 0 saturated carbocycles. The number of aromatic nitrogens is 2. The van der Waals surface area contributed by atoms with Crippen molar-refractivity contribution in [3.05, 3.63) is 42.2 Å². The van der Waals surface area contributed by atoms with Crippen LogP contribution in [0.5, 0.6) is 5.75 Å². The van der Waals surface area contributed by atoms with Gasteiger partial charge in [-0.1, -0.05) is 6.07 Å². The van der Waals surface area contributed by atoms with Crippen LogP contribution >= 0.6 is 0 Å². The molecule has 2 amide bonds. The molecule has 1 aliphatic heterocycles. The monoisotopic (exact) mass is 341 g/mol. The first-order valence-electron chi connectivity index (χ1n) is 7.92. The third-order valence-corrected chi connectivity index (χ3v) is 3.95. The zero-order valence-electron chi connectivity index (χ0n) is 13.9. The van der Waals surface area contributed by atoms with Crippen LogP contribution in [0.15, 0.2) is 36.5 Å². The second kappa shape index (κ2) is 7.61. The molecule has 1 N–H and O–H groups in total. The largest absolute Gasteiger partial charge is 0.497 e. The van der Waals surface area contributed by atoms with Crippen LogP contribution in [0.2, 0.25) is 0 Å². The summed E-state index contributed by atoms with van der Waals surface area (Å²) in [7, 11) is 1.57. The van der Waals surface area contributed by atoms with Crippen molar-refractivity contribution in [1.82, 2.24) is 14.9 Å². The van der Waals surface area contributed by atoms with Gasteiger partial charge >= 0.3 is 0 Å². The molecule has 0 aliphatic carbocycles. The van der Waals surface area contributed by atoms with E-state index in [0.29, 0.717) is 43.6 Å². The molecule has 1 aromatic carbocycles. The molecule has 2 aromatic rings. The summed E-state index contributed by atoms with van der Waals surface area (Å²) in [6, 6.07) is 8.68. The Kier molecular flexibility index (Phi) is 5.08. The maximum Gasteiger partial charge on any atom is 0.274 e. The van der Waals surface area contributed by atoms with E-state index in [1.807, 2.05) is 4.90 Å². The molecule has 1 aromatic heterocycles. The number of amides is 2. The van der Waals surface area contributed by atoms with E-state index < -0.39 is 0 Å². The highest BCUT2D eigenvalue weighted by Gasteiger charge is 2.19. The number of carbonyl (C=O) groups excluding carboxylic acids is 2. The number of carbonyl (C=O) groups is 2. The third-order valence-electron chi connectivity index (χ3n) is 3.95. The fourth-order valence-electron chi connectivity index (χ4n) is 2.55. The summed E-state index contributed by atoms with van der Waals surface area (Å²) in [5.74, 6) is 0.835. The molecule has 1 fully saturated rings. The first kappa shape index (κ1) is 16.7. The molecule has 8 nitrogen and oxygen atoms in total. The Bertz CT molecular complexity index is 759. The minimum Gasteiger partial charge on any atom is -0.497 e. The van der Waals surface area contributed by atoms with Crippen molar-refractivity contribution in [2.75, 3.05) is 43.5 Å². The van der Waals surface area contributed by atoms with Gasteiger partial charge in [0.05, 0.1) is 7.11 Å². The lowest BCUT2D eigenvalue weighted by Gasteiger charge is -2.32. The van der Waals surface area contributed by atoms with Crippen molar-refractivity contribution in [3.8, 4) is 5.75 Å². The standard InChI is InChI=1S/C17H19N5O3/c1-25-14-4-2-3-13(11-14)19-16(24)15-5-6-18-17(20-15)22-9-7-21(12-23)8-10-22/h2-6,11-12H,7-10H2,1H3,(H,19,24). The Morgan fingerprint density at radius 3 is 2.76 bits per heavy atom. The summed E-state index contributed by atoms with van der Waals surface area (Å²) in [5.41, 5.74) is 0.912. The second-order valence-electron chi connectivity index (χ2n) is 5.56. The maximum atomic E-state index is 12.4. The Morgan fingerprint density at radius 2 is 2.04 bits per heavy atom. The predicted octanol–water partition coefficient (Wildman–Crippen LogP) is 1.02. The Morgan fingerprint density at radius 1 is 1.24 bits per heavy atom. The lowest BCUT2D eigenvalue weighted by molar-refractivity contribution is -0.118. The molecule has 0 bridgehead atoms. The number of hydrogen-bond acceptors (Lipinski definition) is 6. The number of anilines is 2. The second-order valence-corrected chi connectivity index (χ2v) is 5.56. The molecule has 2 heterocycles. The average molecular weight is 341 g/mol. The van der Waals surface area contributed by atoms with Crippen molar-refractivity contribution in [1.29, 1.82) is 0 Å². The van der Waals surface area contributed by atoms with Crippen molar-refractivity contribution in [2.24, 2.45) is 0 Å². The molecule has 1 saturated heterocycles. The SMILES string of the molecule is COc1cccc(NC(=O)c2ccnc(N3CCN(C=O)CC3)n2)c1. The van der Waals surface area contributed by atoms with Crippen LogP contribution in [0.3, 0.4) is 0 Å². The summed E-state index contributed by atoms with van der Waals surface area (Å²) in [6.45, 7) is 2.51. The topological polar surface area (TPSA) is 87.7 Å². The Hall–Kier alpha value is -3.16. The first-order valence-corrected chi connectivity index (χ1v) is 7.92. The highest BCUT2D eigenvalue weighted by Crippen LogP contribution is 2.18. The minimum absolute atomic E-state index is 0.283. The van der Waals surface area contributed by atoms with E-state index in [2.05, 4.69) is 15.3 Å². The van der Waals surface area contributed by atoms with Gasteiger partial charge in [-0.15, -0.1) is 0 Å². The van der Waals surface area contributed by atoms with E-state index in [9.17, 15) is 9.59 Å². The summed E-state index contributed by atoms with van der Waals surface area (Å²) < 4.78 is 5.15. The molecule has 1 aliphatic rings. The minimum atomic E-state index is -0.316. The van der Waals surface area contributed by atoms with E-state index in [0.717, 1.165) is 6.41 Å². The van der Waals surface area contributed by atoms with E-state index in [4.69, 9.17) is 4.74 Å². The number of methoxy groups -OCH3 is 1. The van der Waals surface area contributed by atoms with Crippen molar-refractivity contribution < 1.29 is 14.3 Å². The van der Waals surface area contributed by atoms with E-state index in [1.54, 1.807) is 48.5 Å². The number of benzene rings is 1. The molecule has 0 spiro atoms. The normalized spacial score (nSPS) is 14.1. The van der Waals surface area contributed by atoms with Crippen molar-refractivity contribution >= 4 is 24.0 Å². The van der Waals surface area contributed by atoms with Gasteiger partial charge in [0, 0.05) is 44.1 Å². The van der Waals surface area contributed by atoms with Gasteiger partial charge in [-0.2, -0.15) is 0 Å². The zero-order chi connectivity index (χ0) is 17.6. The third kappa shape index (κ3) is 4.03. The summed E-state index contributed by atoms with van der Waals surface area (Å²) in [5, 5.41) is 2.80. The van der Waals surface area contributed by atoms with E-state index in [-0.39, 0.29) is 11.6 Å². The van der Waals surface area contributed by atoms with Gasteiger partial charge in [0.25, 0.3) is 5.91 Å². The van der Waals surface area contributed by atoms with E-state index in [1.165, 1.54) is 0 Å². The first-order chi connectivity index (χ1) is 12.2. The van der Waals surface area contributed by atoms with Gasteiger partial charge in [-0.25, -0.2) is 9.97 Å². The fraction of sp³-hybridized carbons (Fsp3) is 0.294. The van der Waals surface area contributed by atoms with Gasteiger partial charge in [0.2, 0.25) is 12.4 Å². The van der Waals surface area contributed by atoms with Crippen LogP contribution in [-0.2, 0) is 4.79 Å². The smallest absolute Gasteiger partial charge is 0.274 e. The number of piperazine rings is 1. The van der Waals surface area contributed by atoms with Crippen molar-refractivity contribution in [3.63, 3.8) is 0 Å². The van der Waals surface area contributed by atoms with Crippen molar-refractivity contribution in [2.45, 2.75) is 0 Å². The number of nitrogens with one attached hydrogen (secondary N) is 1. The highest BCUT2D eigenvalue weighted by atomic mass is 16.5. The number of ether oxygens (including phenoxy) is 1. The number of rotatable bonds is 5. The summed E-state index contributed by atoms with van der Waals surface area (Å²) in [6.07, 6.45) is 2.41. The van der Waals surface area contributed by atoms with E-state index >= 15 is 0 Å². The molecule has 8 heteroatoms. The molecular weight excluding hydrogens is 322 g/mol. The summed E-state index contributed by atoms with van der Waals surface area (Å²) >= 11 is 0. The number of hydrogen-bond donors (Lipinski definition) is 1. The lowest BCUT2D eigenvalue weighted by Crippen LogP contribution is -2.46. The lowest BCUT2D eigenvalue weighted by atomic mass is 10.3. The van der Waals surface area contributed by atoms with Crippen LogP contribution in [-0.4, -0.2) is 60.5 Å². The molecular formula is C17H19N5O3. The molecule has 0 radical (unpaired) electrons. The molecule has 3 rings (SSSR count). The highest BCUT2D eigenvalue weighted by molar-refractivity contribution is 6.03. The maximum absolute atomic E-state index is 12.4. The summed E-state index contributed by atoms with van der Waals surface area (Å²) in [4.78, 5) is 35.5. The van der Waals surface area contributed by atoms with Crippen LogP contribution in [0.4, 0.5) is 11.6 Å². The van der Waals surface area contributed by atoms with Crippen LogP contribution < -0.4 is 15.0 Å². The van der Waals surface area contributed by atoms with Crippen LogP contribution in [0, 0.1) is 0 Å². The average Bonchev–Trinajstić information content (AvgIpc) is 2.68. The Labute approximate surface area is 145 Å². The molecule has 25 heavy (non-hydrogen) atoms. The molecule has 0 unspecified atom stereocenters. The predicted molar refractivity (Wildman–Crippen MR) is 92.8 cm³/mol. The van der Waals surface area contributed by atoms with Gasteiger partial charge < -0.3 is 19.9 Å². The zero-order valence-corrected chi connectivity index (χ0v) is 13.9. The van der Waals surface area contributed by atoms with Gasteiger partial charge in [0.1, 0.15) is 11.4 Å². The fourth-order valence-corrected chi connectivity index (χ4v) is 2.55. The van der Waals surface area contributed by atoms with Gasteiger partial charge in [0.15, 0.2) is 0 Å².